The van der Waals surface area contributed by atoms with Crippen molar-refractivity contribution in [1.29, 1.82) is 0 Å². The molecule has 0 aliphatic rings. The van der Waals surface area contributed by atoms with Crippen LogP contribution in [0, 0.1) is 0 Å². The zero-order valence-corrected chi connectivity index (χ0v) is 11.6. The summed E-state index contributed by atoms with van der Waals surface area (Å²) in [4.78, 5) is 11.2. The van der Waals surface area contributed by atoms with Crippen molar-refractivity contribution >= 4 is 17.3 Å². The van der Waals surface area contributed by atoms with Gasteiger partial charge in [0.05, 0.1) is 20.6 Å². The number of hydrogen-bond donors (Lipinski definition) is 1. The number of carbonyl (C=O) groups is 1. The lowest BCUT2D eigenvalue weighted by Crippen LogP contribution is -2.04. The third-order valence-corrected chi connectivity index (χ3v) is 2.91. The molecule has 0 aliphatic heterocycles. The van der Waals surface area contributed by atoms with Gasteiger partial charge in [-0.05, 0) is 42.0 Å². The van der Waals surface area contributed by atoms with Crippen molar-refractivity contribution in [2.75, 3.05) is 19.5 Å². The maximum Gasteiger partial charge on any atom is 0.309 e. The molecule has 0 spiro atoms. The van der Waals surface area contributed by atoms with E-state index in [0.717, 1.165) is 22.7 Å². The number of nitrogens with one attached hydrogen (secondary N) is 1. The molecule has 2 aromatic carbocycles. The molecule has 4 heteroatoms. The lowest BCUT2D eigenvalue weighted by atomic mass is 10.1. The fourth-order valence-corrected chi connectivity index (χ4v) is 1.79. The number of esters is 1. The highest BCUT2D eigenvalue weighted by molar-refractivity contribution is 5.72. The van der Waals surface area contributed by atoms with Crippen LogP contribution in [-0.2, 0) is 16.0 Å². The Morgan fingerprint density at radius 3 is 2.00 bits per heavy atom. The van der Waals surface area contributed by atoms with Crippen LogP contribution in [0.5, 0.6) is 5.75 Å². The Labute approximate surface area is 118 Å². The molecule has 1 N–H and O–H groups in total. The van der Waals surface area contributed by atoms with Crippen LogP contribution in [0.1, 0.15) is 5.56 Å². The minimum Gasteiger partial charge on any atom is -0.497 e. The van der Waals surface area contributed by atoms with E-state index in [4.69, 9.17) is 4.74 Å². The molecule has 0 aliphatic carbocycles. The van der Waals surface area contributed by atoms with Crippen molar-refractivity contribution < 1.29 is 14.3 Å². The molecule has 0 saturated carbocycles. The molecule has 0 fully saturated rings. The molecular formula is C16H17NO3. The second-order valence-corrected chi connectivity index (χ2v) is 4.30. The van der Waals surface area contributed by atoms with Crippen LogP contribution >= 0.6 is 0 Å². The van der Waals surface area contributed by atoms with E-state index in [9.17, 15) is 4.79 Å². The molecule has 0 saturated heterocycles. The van der Waals surface area contributed by atoms with Gasteiger partial charge in [-0.25, -0.2) is 0 Å². The largest absolute Gasteiger partial charge is 0.497 e. The minimum absolute atomic E-state index is 0.235. The van der Waals surface area contributed by atoms with Crippen LogP contribution in [0.15, 0.2) is 48.5 Å². The van der Waals surface area contributed by atoms with Gasteiger partial charge in [-0.2, -0.15) is 0 Å². The maximum absolute atomic E-state index is 11.2. The number of hydrogen-bond acceptors (Lipinski definition) is 4. The van der Waals surface area contributed by atoms with Gasteiger partial charge in [0.15, 0.2) is 0 Å². The summed E-state index contributed by atoms with van der Waals surface area (Å²) < 4.78 is 9.75. The van der Waals surface area contributed by atoms with Crippen molar-refractivity contribution in [2.45, 2.75) is 6.42 Å². The molecular weight excluding hydrogens is 254 g/mol. The van der Waals surface area contributed by atoms with E-state index in [2.05, 4.69) is 10.1 Å². The van der Waals surface area contributed by atoms with E-state index in [-0.39, 0.29) is 5.97 Å². The molecule has 104 valence electrons. The van der Waals surface area contributed by atoms with Gasteiger partial charge in [-0.15, -0.1) is 0 Å². The number of ether oxygens (including phenoxy) is 2. The Morgan fingerprint density at radius 1 is 0.950 bits per heavy atom. The van der Waals surface area contributed by atoms with Crippen molar-refractivity contribution in [3.63, 3.8) is 0 Å². The van der Waals surface area contributed by atoms with Gasteiger partial charge in [0.2, 0.25) is 0 Å². The standard InChI is InChI=1S/C16H17NO3/c1-19-15-9-7-14(8-10-15)17-13-5-3-12(4-6-13)11-16(18)20-2/h3-10,17H,11H2,1-2H3. The van der Waals surface area contributed by atoms with Crippen molar-refractivity contribution in [3.8, 4) is 5.75 Å². The number of carbonyl (C=O) groups excluding carboxylic acids is 1. The second kappa shape index (κ2) is 6.61. The first-order valence-electron chi connectivity index (χ1n) is 6.28. The Morgan fingerprint density at radius 2 is 1.50 bits per heavy atom. The average Bonchev–Trinajstić information content (AvgIpc) is 2.50. The lowest BCUT2D eigenvalue weighted by molar-refractivity contribution is -0.139. The minimum atomic E-state index is -0.235. The molecule has 0 radical (unpaired) electrons. The second-order valence-electron chi connectivity index (χ2n) is 4.30. The number of anilines is 2. The van der Waals surface area contributed by atoms with Gasteiger partial charge in [-0.1, -0.05) is 12.1 Å². The van der Waals surface area contributed by atoms with Crippen LogP contribution in [0.25, 0.3) is 0 Å². The predicted molar refractivity (Wildman–Crippen MR) is 78.4 cm³/mol. The zero-order valence-electron chi connectivity index (χ0n) is 11.6. The molecule has 4 nitrogen and oxygen atoms in total. The Hall–Kier alpha value is -2.49. The van der Waals surface area contributed by atoms with E-state index < -0.39 is 0 Å². The van der Waals surface area contributed by atoms with Crippen LogP contribution in [0.2, 0.25) is 0 Å². The molecule has 2 aromatic rings. The van der Waals surface area contributed by atoms with Crippen molar-refractivity contribution in [2.24, 2.45) is 0 Å². The van der Waals surface area contributed by atoms with E-state index in [1.54, 1.807) is 7.11 Å². The smallest absolute Gasteiger partial charge is 0.309 e. The Bertz CT molecular complexity index is 561. The summed E-state index contributed by atoms with van der Waals surface area (Å²) in [5.41, 5.74) is 2.87. The summed E-state index contributed by atoms with van der Waals surface area (Å²) in [6.45, 7) is 0. The lowest BCUT2D eigenvalue weighted by Gasteiger charge is -2.08. The van der Waals surface area contributed by atoms with E-state index in [0.29, 0.717) is 6.42 Å². The highest BCUT2D eigenvalue weighted by atomic mass is 16.5. The molecule has 0 aromatic heterocycles. The van der Waals surface area contributed by atoms with Gasteiger partial charge < -0.3 is 14.8 Å². The summed E-state index contributed by atoms with van der Waals surface area (Å²) in [7, 11) is 3.03. The van der Waals surface area contributed by atoms with Gasteiger partial charge >= 0.3 is 5.97 Å². The van der Waals surface area contributed by atoms with Crippen LogP contribution in [0.3, 0.4) is 0 Å². The topological polar surface area (TPSA) is 47.6 Å². The highest BCUT2D eigenvalue weighted by Crippen LogP contribution is 2.20. The van der Waals surface area contributed by atoms with Gasteiger partial charge in [0, 0.05) is 11.4 Å². The third-order valence-electron chi connectivity index (χ3n) is 2.91. The quantitative estimate of drug-likeness (QED) is 0.849. The fraction of sp³-hybridized carbons (Fsp3) is 0.188. The Kier molecular flexibility index (Phi) is 4.60. The van der Waals surface area contributed by atoms with E-state index in [1.807, 2.05) is 48.5 Å². The predicted octanol–water partition coefficient (Wildman–Crippen LogP) is 3.15. The normalized spacial score (nSPS) is 9.90. The molecule has 0 amide bonds. The molecule has 20 heavy (non-hydrogen) atoms. The van der Waals surface area contributed by atoms with Crippen LogP contribution in [0.4, 0.5) is 11.4 Å². The van der Waals surface area contributed by atoms with Crippen molar-refractivity contribution in [3.05, 3.63) is 54.1 Å². The monoisotopic (exact) mass is 271 g/mol. The summed E-state index contributed by atoms with van der Waals surface area (Å²) in [6, 6.07) is 15.4. The summed E-state index contributed by atoms with van der Waals surface area (Å²) in [5, 5.41) is 3.28. The van der Waals surface area contributed by atoms with Crippen LogP contribution < -0.4 is 10.1 Å². The third kappa shape index (κ3) is 3.75. The number of methoxy groups -OCH3 is 2. The molecule has 0 atom stereocenters. The first-order chi connectivity index (χ1) is 9.71. The zero-order chi connectivity index (χ0) is 14.4. The molecule has 0 bridgehead atoms. The SMILES string of the molecule is COC(=O)Cc1ccc(Nc2ccc(OC)cc2)cc1. The number of benzene rings is 2. The molecule has 2 rings (SSSR count). The fourth-order valence-electron chi connectivity index (χ4n) is 1.79. The van der Waals surface area contributed by atoms with E-state index >= 15 is 0 Å². The van der Waals surface area contributed by atoms with Gasteiger partial charge in [0.25, 0.3) is 0 Å². The first kappa shape index (κ1) is 13.9. The van der Waals surface area contributed by atoms with Crippen LogP contribution in [-0.4, -0.2) is 20.2 Å². The van der Waals surface area contributed by atoms with Gasteiger partial charge in [-0.3, -0.25) is 4.79 Å². The average molecular weight is 271 g/mol. The molecule has 0 unspecified atom stereocenters. The Balaban J connectivity index is 2.00. The van der Waals surface area contributed by atoms with Gasteiger partial charge in [0.1, 0.15) is 5.75 Å². The first-order valence-corrected chi connectivity index (χ1v) is 6.28. The summed E-state index contributed by atoms with van der Waals surface area (Å²) in [6.07, 6.45) is 0.291. The highest BCUT2D eigenvalue weighted by Gasteiger charge is 2.02. The maximum atomic E-state index is 11.2. The number of rotatable bonds is 5. The summed E-state index contributed by atoms with van der Waals surface area (Å²) in [5.74, 6) is 0.588. The molecule has 0 heterocycles. The van der Waals surface area contributed by atoms with E-state index in [1.165, 1.54) is 7.11 Å². The summed E-state index contributed by atoms with van der Waals surface area (Å²) >= 11 is 0. The van der Waals surface area contributed by atoms with Crippen molar-refractivity contribution in [1.82, 2.24) is 0 Å².